The number of carbonyl (C=O) groups excluding carboxylic acids is 1. The number of tetrazole rings is 1. The number of amides is 2. The molecule has 1 fully saturated rings. The maximum atomic E-state index is 12.7. The van der Waals surface area contributed by atoms with Gasteiger partial charge in [-0.3, -0.25) is 0 Å². The van der Waals surface area contributed by atoms with Crippen LogP contribution in [-0.4, -0.2) is 61.0 Å². The first-order chi connectivity index (χ1) is 11.1. The van der Waals surface area contributed by atoms with Gasteiger partial charge in [0.1, 0.15) is 0 Å². The first-order valence-electron chi connectivity index (χ1n) is 8.63. The van der Waals surface area contributed by atoms with Crippen LogP contribution in [0.2, 0.25) is 0 Å². The van der Waals surface area contributed by atoms with Crippen LogP contribution in [0.5, 0.6) is 0 Å². The number of likely N-dealkylation sites (tertiary alicyclic amines) is 1. The molecule has 0 saturated carbocycles. The molecule has 8 nitrogen and oxygen atoms in total. The van der Waals surface area contributed by atoms with Gasteiger partial charge >= 0.3 is 6.03 Å². The molecule has 2 aliphatic heterocycles. The molecule has 3 heterocycles. The summed E-state index contributed by atoms with van der Waals surface area (Å²) in [4.78, 5) is 14.6. The lowest BCUT2D eigenvalue weighted by Crippen LogP contribution is -2.52. The van der Waals surface area contributed by atoms with Crippen molar-refractivity contribution in [3.8, 4) is 0 Å². The van der Waals surface area contributed by atoms with E-state index in [0.717, 1.165) is 57.4 Å². The third-order valence-electron chi connectivity index (χ3n) is 4.84. The molecule has 0 bridgehead atoms. The second-order valence-corrected chi connectivity index (χ2v) is 6.72. The molecule has 23 heavy (non-hydrogen) atoms. The number of aryl methyl sites for hydroxylation is 2. The smallest absolute Gasteiger partial charge is 0.317 e. The molecule has 1 saturated heterocycles. The van der Waals surface area contributed by atoms with Crippen LogP contribution in [0.15, 0.2) is 0 Å². The third kappa shape index (κ3) is 3.99. The normalized spacial score (nSPS) is 26.3. The van der Waals surface area contributed by atoms with Gasteiger partial charge in [0.05, 0.1) is 6.10 Å². The number of urea groups is 1. The van der Waals surface area contributed by atoms with E-state index in [0.29, 0.717) is 6.42 Å². The lowest BCUT2D eigenvalue weighted by Gasteiger charge is -2.37. The van der Waals surface area contributed by atoms with E-state index < -0.39 is 0 Å². The van der Waals surface area contributed by atoms with Gasteiger partial charge in [0.2, 0.25) is 0 Å². The first kappa shape index (κ1) is 16.2. The van der Waals surface area contributed by atoms with Crippen molar-refractivity contribution in [1.29, 1.82) is 0 Å². The maximum absolute atomic E-state index is 12.7. The number of carbonyl (C=O) groups is 1. The van der Waals surface area contributed by atoms with Crippen LogP contribution < -0.4 is 5.32 Å². The molecule has 128 valence electrons. The van der Waals surface area contributed by atoms with E-state index in [4.69, 9.17) is 0 Å². The van der Waals surface area contributed by atoms with Gasteiger partial charge in [-0.15, -0.1) is 5.10 Å². The number of aromatic nitrogens is 4. The number of rotatable bonds is 3. The van der Waals surface area contributed by atoms with Gasteiger partial charge in [0.25, 0.3) is 0 Å². The Labute approximate surface area is 136 Å². The largest absolute Gasteiger partial charge is 0.393 e. The molecule has 1 aromatic heterocycles. The summed E-state index contributed by atoms with van der Waals surface area (Å²) >= 11 is 0. The minimum Gasteiger partial charge on any atom is -0.393 e. The monoisotopic (exact) mass is 322 g/mol. The summed E-state index contributed by atoms with van der Waals surface area (Å²) < 4.78 is 1.82. The van der Waals surface area contributed by atoms with E-state index >= 15 is 0 Å². The highest BCUT2D eigenvalue weighted by Crippen LogP contribution is 2.21. The Kier molecular flexibility index (Phi) is 5.09. The fourth-order valence-corrected chi connectivity index (χ4v) is 3.61. The molecule has 3 unspecified atom stereocenters. The van der Waals surface area contributed by atoms with Crippen molar-refractivity contribution < 1.29 is 9.90 Å². The van der Waals surface area contributed by atoms with Gasteiger partial charge in [-0.25, -0.2) is 9.48 Å². The van der Waals surface area contributed by atoms with E-state index in [-0.39, 0.29) is 24.2 Å². The van der Waals surface area contributed by atoms with Crippen molar-refractivity contribution in [3.05, 3.63) is 5.82 Å². The second kappa shape index (κ2) is 7.25. The quantitative estimate of drug-likeness (QED) is 0.854. The van der Waals surface area contributed by atoms with E-state index in [2.05, 4.69) is 20.8 Å². The molecule has 2 aliphatic rings. The number of aliphatic hydroxyl groups is 1. The molecule has 2 amide bonds. The van der Waals surface area contributed by atoms with Gasteiger partial charge in [-0.2, -0.15) is 0 Å². The van der Waals surface area contributed by atoms with E-state index in [1.165, 1.54) is 0 Å². The maximum Gasteiger partial charge on any atom is 0.317 e. The minimum atomic E-state index is -0.373. The average Bonchev–Trinajstić information content (AvgIpc) is 2.89. The SMILES string of the molecule is CC(O)CC1CCCCN1C(=O)NC1CCc2nnnn2CC1. The van der Waals surface area contributed by atoms with Gasteiger partial charge in [0, 0.05) is 31.6 Å². The molecule has 8 heteroatoms. The van der Waals surface area contributed by atoms with E-state index in [9.17, 15) is 9.90 Å². The predicted molar refractivity (Wildman–Crippen MR) is 83.7 cm³/mol. The van der Waals surface area contributed by atoms with Crippen molar-refractivity contribution in [3.63, 3.8) is 0 Å². The van der Waals surface area contributed by atoms with Gasteiger partial charge in [-0.1, -0.05) is 0 Å². The summed E-state index contributed by atoms with van der Waals surface area (Å²) in [6, 6.07) is 0.293. The average molecular weight is 322 g/mol. The number of nitrogens with one attached hydrogen (secondary N) is 1. The van der Waals surface area contributed by atoms with Crippen LogP contribution in [0, 0.1) is 0 Å². The van der Waals surface area contributed by atoms with Gasteiger partial charge in [0.15, 0.2) is 5.82 Å². The number of hydrogen-bond donors (Lipinski definition) is 2. The first-order valence-corrected chi connectivity index (χ1v) is 8.63. The molecule has 3 atom stereocenters. The summed E-state index contributed by atoms with van der Waals surface area (Å²) in [6.07, 6.45) is 5.93. The molecule has 1 aromatic rings. The molecular formula is C15H26N6O2. The molecule has 0 aliphatic carbocycles. The van der Waals surface area contributed by atoms with Crippen LogP contribution in [0.4, 0.5) is 4.79 Å². The minimum absolute atomic E-state index is 0.00553. The third-order valence-corrected chi connectivity index (χ3v) is 4.84. The summed E-state index contributed by atoms with van der Waals surface area (Å²) in [5.74, 6) is 0.895. The topological polar surface area (TPSA) is 96.2 Å². The zero-order chi connectivity index (χ0) is 16.2. The fraction of sp³-hybridized carbons (Fsp3) is 0.867. The van der Waals surface area contributed by atoms with Crippen molar-refractivity contribution in [2.75, 3.05) is 6.54 Å². The zero-order valence-electron chi connectivity index (χ0n) is 13.7. The Morgan fingerprint density at radius 2 is 2.22 bits per heavy atom. The van der Waals surface area contributed by atoms with Crippen LogP contribution >= 0.6 is 0 Å². The summed E-state index contributed by atoms with van der Waals surface area (Å²) in [6.45, 7) is 3.31. The van der Waals surface area contributed by atoms with Crippen molar-refractivity contribution in [2.24, 2.45) is 0 Å². The Balaban J connectivity index is 1.56. The molecule has 0 radical (unpaired) electrons. The Hall–Kier alpha value is -1.70. The van der Waals surface area contributed by atoms with E-state index in [1.54, 1.807) is 6.92 Å². The fourth-order valence-electron chi connectivity index (χ4n) is 3.61. The molecule has 3 rings (SSSR count). The highest BCUT2D eigenvalue weighted by molar-refractivity contribution is 5.75. The summed E-state index contributed by atoms with van der Waals surface area (Å²) in [5, 5.41) is 24.5. The van der Waals surface area contributed by atoms with Crippen LogP contribution in [-0.2, 0) is 13.0 Å². The van der Waals surface area contributed by atoms with Crippen LogP contribution in [0.3, 0.4) is 0 Å². The molecule has 0 spiro atoms. The van der Waals surface area contributed by atoms with Gasteiger partial charge < -0.3 is 15.3 Å². The second-order valence-electron chi connectivity index (χ2n) is 6.72. The van der Waals surface area contributed by atoms with Crippen LogP contribution in [0.1, 0.15) is 51.3 Å². The highest BCUT2D eigenvalue weighted by atomic mass is 16.3. The zero-order valence-corrected chi connectivity index (χ0v) is 13.7. The van der Waals surface area contributed by atoms with E-state index in [1.807, 2.05) is 9.58 Å². The molecule has 2 N–H and O–H groups in total. The summed E-state index contributed by atoms with van der Waals surface area (Å²) in [7, 11) is 0. The number of piperidine rings is 1. The molecular weight excluding hydrogens is 296 g/mol. The van der Waals surface area contributed by atoms with Crippen molar-refractivity contribution in [2.45, 2.75) is 76.6 Å². The van der Waals surface area contributed by atoms with Crippen molar-refractivity contribution >= 4 is 6.03 Å². The number of hydrogen-bond acceptors (Lipinski definition) is 5. The van der Waals surface area contributed by atoms with Crippen LogP contribution in [0.25, 0.3) is 0 Å². The Morgan fingerprint density at radius 1 is 1.35 bits per heavy atom. The standard InChI is InChI=1S/C15H26N6O2/c1-11(22)10-13-4-2-3-8-20(13)15(23)16-12-5-6-14-17-18-19-21(14)9-7-12/h11-13,22H,2-10H2,1H3,(H,16,23). The predicted octanol–water partition coefficient (Wildman–Crippen LogP) is 0.713. The highest BCUT2D eigenvalue weighted by Gasteiger charge is 2.29. The number of fused-ring (bicyclic) bond motifs is 1. The van der Waals surface area contributed by atoms with Crippen molar-refractivity contribution in [1.82, 2.24) is 30.4 Å². The Morgan fingerprint density at radius 3 is 3.04 bits per heavy atom. The lowest BCUT2D eigenvalue weighted by molar-refractivity contribution is 0.101. The number of nitrogens with zero attached hydrogens (tertiary/aromatic N) is 5. The molecule has 0 aromatic carbocycles. The lowest BCUT2D eigenvalue weighted by atomic mass is 9.97. The summed E-state index contributed by atoms with van der Waals surface area (Å²) in [5.41, 5.74) is 0. The number of aliphatic hydroxyl groups excluding tert-OH is 1. The Bertz CT molecular complexity index is 509. The van der Waals surface area contributed by atoms with Gasteiger partial charge in [-0.05, 0) is 55.9 Å².